The topological polar surface area (TPSA) is 122 Å². The van der Waals surface area contributed by atoms with E-state index in [0.29, 0.717) is 6.42 Å². The van der Waals surface area contributed by atoms with Gasteiger partial charge in [0.15, 0.2) is 0 Å². The molecule has 1 fully saturated rings. The van der Waals surface area contributed by atoms with Gasteiger partial charge in [0.2, 0.25) is 11.8 Å². The number of rotatable bonds is 5. The number of hydrogen-bond acceptors (Lipinski definition) is 4. The van der Waals surface area contributed by atoms with Crippen molar-refractivity contribution >= 4 is 17.8 Å². The number of nitrogens with one attached hydrogen (secondary N) is 2. The SMILES string of the molecule is NC(=O)C[C@H](NC(=O)C1CCCCCN1)C(=O)O. The van der Waals surface area contributed by atoms with Gasteiger partial charge in [0.1, 0.15) is 6.04 Å². The summed E-state index contributed by atoms with van der Waals surface area (Å²) in [5.41, 5.74) is 4.94. The van der Waals surface area contributed by atoms with Crippen molar-refractivity contribution in [3.05, 3.63) is 0 Å². The van der Waals surface area contributed by atoms with Crippen molar-refractivity contribution in [2.45, 2.75) is 44.2 Å². The molecular formula is C11H19N3O4. The highest BCUT2D eigenvalue weighted by Crippen LogP contribution is 2.08. The first-order valence-corrected chi connectivity index (χ1v) is 6.05. The molecule has 2 amide bonds. The number of aliphatic carboxylic acids is 1. The van der Waals surface area contributed by atoms with E-state index in [2.05, 4.69) is 10.6 Å². The van der Waals surface area contributed by atoms with Gasteiger partial charge in [-0.25, -0.2) is 4.79 Å². The predicted octanol–water partition coefficient (Wildman–Crippen LogP) is -1.04. The fourth-order valence-electron chi connectivity index (χ4n) is 1.93. The molecule has 1 heterocycles. The Hall–Kier alpha value is -1.63. The number of carboxylic acids is 1. The molecule has 1 aliphatic heterocycles. The van der Waals surface area contributed by atoms with Crippen LogP contribution in [0.3, 0.4) is 0 Å². The minimum absolute atomic E-state index is 0.384. The third-order valence-corrected chi connectivity index (χ3v) is 2.90. The number of primary amides is 1. The van der Waals surface area contributed by atoms with E-state index in [-0.39, 0.29) is 11.9 Å². The Balaban J connectivity index is 2.53. The summed E-state index contributed by atoms with van der Waals surface area (Å²) in [6.07, 6.45) is 3.27. The van der Waals surface area contributed by atoms with E-state index in [4.69, 9.17) is 10.8 Å². The molecule has 0 spiro atoms. The van der Waals surface area contributed by atoms with Gasteiger partial charge in [0.05, 0.1) is 12.5 Å². The van der Waals surface area contributed by atoms with Crippen LogP contribution in [0.25, 0.3) is 0 Å². The zero-order valence-electron chi connectivity index (χ0n) is 10.1. The normalized spacial score (nSPS) is 21.7. The van der Waals surface area contributed by atoms with Crippen LogP contribution in [0.4, 0.5) is 0 Å². The van der Waals surface area contributed by atoms with Gasteiger partial charge in [-0.05, 0) is 19.4 Å². The molecule has 2 atom stereocenters. The molecule has 1 saturated heterocycles. The Bertz CT molecular complexity index is 324. The van der Waals surface area contributed by atoms with Crippen molar-refractivity contribution in [1.82, 2.24) is 10.6 Å². The van der Waals surface area contributed by atoms with E-state index < -0.39 is 24.3 Å². The summed E-state index contributed by atoms with van der Waals surface area (Å²) in [5, 5.41) is 14.3. The van der Waals surface area contributed by atoms with Crippen LogP contribution in [-0.4, -0.2) is 41.5 Å². The molecule has 7 heteroatoms. The zero-order chi connectivity index (χ0) is 13.5. The average Bonchev–Trinajstić information content (AvgIpc) is 2.55. The highest BCUT2D eigenvalue weighted by Gasteiger charge is 2.26. The predicted molar refractivity (Wildman–Crippen MR) is 63.6 cm³/mol. The van der Waals surface area contributed by atoms with Gasteiger partial charge in [-0.2, -0.15) is 0 Å². The second-order valence-corrected chi connectivity index (χ2v) is 4.43. The molecule has 5 N–H and O–H groups in total. The number of carbonyl (C=O) groups excluding carboxylic acids is 2. The Labute approximate surface area is 105 Å². The first-order chi connectivity index (χ1) is 8.50. The average molecular weight is 257 g/mol. The Morgan fingerprint density at radius 2 is 2.06 bits per heavy atom. The van der Waals surface area contributed by atoms with Crippen LogP contribution in [0, 0.1) is 0 Å². The quantitative estimate of drug-likeness (QED) is 0.501. The molecule has 1 aliphatic rings. The molecule has 102 valence electrons. The number of carbonyl (C=O) groups is 3. The fourth-order valence-corrected chi connectivity index (χ4v) is 1.93. The van der Waals surface area contributed by atoms with Crippen LogP contribution in [0.2, 0.25) is 0 Å². The van der Waals surface area contributed by atoms with Crippen molar-refractivity contribution in [2.75, 3.05) is 6.54 Å². The lowest BCUT2D eigenvalue weighted by atomic mass is 10.1. The lowest BCUT2D eigenvalue weighted by molar-refractivity contribution is -0.143. The van der Waals surface area contributed by atoms with Crippen LogP contribution in [0.5, 0.6) is 0 Å². The first-order valence-electron chi connectivity index (χ1n) is 6.05. The Morgan fingerprint density at radius 3 is 2.67 bits per heavy atom. The smallest absolute Gasteiger partial charge is 0.326 e. The van der Waals surface area contributed by atoms with Crippen LogP contribution >= 0.6 is 0 Å². The van der Waals surface area contributed by atoms with Gasteiger partial charge in [0, 0.05) is 0 Å². The van der Waals surface area contributed by atoms with Crippen LogP contribution < -0.4 is 16.4 Å². The molecule has 1 rings (SSSR count). The monoisotopic (exact) mass is 257 g/mol. The zero-order valence-corrected chi connectivity index (χ0v) is 10.1. The highest BCUT2D eigenvalue weighted by molar-refractivity contribution is 5.90. The summed E-state index contributed by atoms with van der Waals surface area (Å²) in [5.74, 6) is -2.39. The summed E-state index contributed by atoms with van der Waals surface area (Å²) in [6.45, 7) is 0.742. The molecular weight excluding hydrogens is 238 g/mol. The molecule has 0 bridgehead atoms. The van der Waals surface area contributed by atoms with Crippen molar-refractivity contribution in [3.8, 4) is 0 Å². The van der Waals surface area contributed by atoms with E-state index in [1.54, 1.807) is 0 Å². The maximum atomic E-state index is 11.9. The minimum Gasteiger partial charge on any atom is -0.480 e. The van der Waals surface area contributed by atoms with Gasteiger partial charge in [-0.15, -0.1) is 0 Å². The fraction of sp³-hybridized carbons (Fsp3) is 0.727. The van der Waals surface area contributed by atoms with Crippen molar-refractivity contribution < 1.29 is 19.5 Å². The maximum absolute atomic E-state index is 11.9. The van der Waals surface area contributed by atoms with Gasteiger partial charge < -0.3 is 21.5 Å². The molecule has 1 unspecified atom stereocenters. The van der Waals surface area contributed by atoms with E-state index in [9.17, 15) is 14.4 Å². The number of nitrogens with two attached hydrogens (primary N) is 1. The van der Waals surface area contributed by atoms with E-state index in [0.717, 1.165) is 25.8 Å². The van der Waals surface area contributed by atoms with Crippen molar-refractivity contribution in [1.29, 1.82) is 0 Å². The van der Waals surface area contributed by atoms with Gasteiger partial charge in [-0.3, -0.25) is 9.59 Å². The number of amides is 2. The highest BCUT2D eigenvalue weighted by atomic mass is 16.4. The summed E-state index contributed by atoms with van der Waals surface area (Å²) in [7, 11) is 0. The molecule has 0 saturated carbocycles. The molecule has 7 nitrogen and oxygen atoms in total. The maximum Gasteiger partial charge on any atom is 0.326 e. The van der Waals surface area contributed by atoms with Crippen molar-refractivity contribution in [2.24, 2.45) is 5.73 Å². The summed E-state index contributed by atoms with van der Waals surface area (Å²) in [4.78, 5) is 33.5. The lowest BCUT2D eigenvalue weighted by Crippen LogP contribution is -2.51. The molecule has 0 aromatic heterocycles. The Morgan fingerprint density at radius 1 is 1.33 bits per heavy atom. The third-order valence-electron chi connectivity index (χ3n) is 2.90. The molecule has 0 aliphatic carbocycles. The molecule has 0 aromatic carbocycles. The largest absolute Gasteiger partial charge is 0.480 e. The number of hydrogen-bond donors (Lipinski definition) is 4. The van der Waals surface area contributed by atoms with Gasteiger partial charge >= 0.3 is 5.97 Å². The standard InChI is InChI=1S/C11H19N3O4/c12-9(15)6-8(11(17)18)14-10(16)7-4-2-1-3-5-13-7/h7-8,13H,1-6H2,(H2,12,15)(H,14,16)(H,17,18)/t7?,8-/m0/s1. The molecule has 0 aromatic rings. The van der Waals surface area contributed by atoms with E-state index >= 15 is 0 Å². The third kappa shape index (κ3) is 4.70. The van der Waals surface area contributed by atoms with Gasteiger partial charge in [0.25, 0.3) is 0 Å². The van der Waals surface area contributed by atoms with Crippen LogP contribution in [-0.2, 0) is 14.4 Å². The second kappa shape index (κ2) is 6.95. The second-order valence-electron chi connectivity index (χ2n) is 4.43. The molecule has 0 radical (unpaired) electrons. The first kappa shape index (κ1) is 14.4. The van der Waals surface area contributed by atoms with E-state index in [1.807, 2.05) is 0 Å². The summed E-state index contributed by atoms with van der Waals surface area (Å²) < 4.78 is 0. The van der Waals surface area contributed by atoms with Gasteiger partial charge in [-0.1, -0.05) is 12.8 Å². The number of carboxylic acid groups (broad SMARTS) is 1. The lowest BCUT2D eigenvalue weighted by Gasteiger charge is -2.19. The van der Waals surface area contributed by atoms with E-state index in [1.165, 1.54) is 0 Å². The summed E-state index contributed by atoms with van der Waals surface area (Å²) >= 11 is 0. The Kier molecular flexibility index (Phi) is 5.57. The summed E-state index contributed by atoms with van der Waals surface area (Å²) in [6, 6.07) is -1.64. The van der Waals surface area contributed by atoms with Crippen molar-refractivity contribution in [3.63, 3.8) is 0 Å². The van der Waals surface area contributed by atoms with Crippen LogP contribution in [0.1, 0.15) is 32.1 Å². The minimum atomic E-state index is -1.25. The van der Waals surface area contributed by atoms with Crippen LogP contribution in [0.15, 0.2) is 0 Å². The molecule has 18 heavy (non-hydrogen) atoms.